The number of aromatic hydroxyl groups is 1. The number of aliphatic hydroxyl groups excluding tert-OH is 1. The van der Waals surface area contributed by atoms with Gasteiger partial charge in [0, 0.05) is 42.4 Å². The van der Waals surface area contributed by atoms with Crippen LogP contribution in [0.2, 0.25) is 0 Å². The van der Waals surface area contributed by atoms with Gasteiger partial charge in [0.1, 0.15) is 5.75 Å². The van der Waals surface area contributed by atoms with E-state index in [0.717, 1.165) is 35.1 Å². The molecule has 6 rings (SSSR count). The van der Waals surface area contributed by atoms with Crippen LogP contribution in [0, 0.1) is 11.8 Å². The predicted octanol–water partition coefficient (Wildman–Crippen LogP) is 1.83. The zero-order valence-corrected chi connectivity index (χ0v) is 13.7. The Hall–Kier alpha value is -1.82. The van der Waals surface area contributed by atoms with Crippen molar-refractivity contribution in [3.8, 4) is 5.75 Å². The molecular formula is C19H22N2O3. The van der Waals surface area contributed by atoms with Crippen LogP contribution in [0.1, 0.15) is 24.6 Å². The Labute approximate surface area is 140 Å². The van der Waals surface area contributed by atoms with Gasteiger partial charge in [-0.2, -0.15) is 0 Å². The van der Waals surface area contributed by atoms with Crippen molar-refractivity contribution in [3.05, 3.63) is 41.1 Å². The van der Waals surface area contributed by atoms with Gasteiger partial charge in [-0.25, -0.2) is 0 Å². The molecule has 0 radical (unpaired) electrons. The number of hydrogen-bond donors (Lipinski definition) is 4. The topological polar surface area (TPSA) is 79.7 Å². The van der Waals surface area contributed by atoms with E-state index >= 15 is 0 Å². The second-order valence-corrected chi connectivity index (χ2v) is 7.45. The molecule has 1 aromatic carbocycles. The molecule has 5 heteroatoms. The van der Waals surface area contributed by atoms with Crippen LogP contribution in [0.4, 0.5) is 0 Å². The maximum absolute atomic E-state index is 11.6. The average Bonchev–Trinajstić information content (AvgIpc) is 2.93. The van der Waals surface area contributed by atoms with Crippen LogP contribution in [0.15, 0.2) is 29.8 Å². The largest absolute Gasteiger partial charge is 0.508 e. The van der Waals surface area contributed by atoms with Crippen molar-refractivity contribution in [2.24, 2.45) is 11.8 Å². The van der Waals surface area contributed by atoms with Gasteiger partial charge in [-0.15, -0.1) is 0 Å². The van der Waals surface area contributed by atoms with Gasteiger partial charge >= 0.3 is 0 Å². The average molecular weight is 326 g/mol. The summed E-state index contributed by atoms with van der Waals surface area (Å²) < 4.78 is 0. The second kappa shape index (κ2) is 4.63. The summed E-state index contributed by atoms with van der Waals surface area (Å²) in [5, 5.41) is 32.4. The number of piperidine rings is 3. The van der Waals surface area contributed by atoms with Gasteiger partial charge in [0.25, 0.3) is 0 Å². The highest BCUT2D eigenvalue weighted by Crippen LogP contribution is 2.56. The number of H-pyrrole nitrogens is 1. The summed E-state index contributed by atoms with van der Waals surface area (Å²) >= 11 is 0. The van der Waals surface area contributed by atoms with Crippen molar-refractivity contribution >= 4 is 10.9 Å². The highest BCUT2D eigenvalue weighted by Gasteiger charge is 2.59. The van der Waals surface area contributed by atoms with Crippen molar-refractivity contribution < 1.29 is 15.3 Å². The normalized spacial score (nSPS) is 38.7. The monoisotopic (exact) mass is 326 g/mol. The molecule has 4 aliphatic heterocycles. The van der Waals surface area contributed by atoms with Crippen molar-refractivity contribution in [2.75, 3.05) is 13.2 Å². The van der Waals surface area contributed by atoms with Gasteiger partial charge in [0.2, 0.25) is 0 Å². The molecule has 3 saturated heterocycles. The molecule has 4 aliphatic rings. The molecule has 0 spiro atoms. The van der Waals surface area contributed by atoms with Crippen LogP contribution in [0.25, 0.3) is 10.9 Å². The number of hydrogen-bond acceptors (Lipinski definition) is 4. The fourth-order valence-corrected chi connectivity index (χ4v) is 5.38. The molecule has 0 saturated carbocycles. The number of phenols is 1. The maximum atomic E-state index is 11.6. The summed E-state index contributed by atoms with van der Waals surface area (Å²) in [7, 11) is 0. The molecule has 2 aromatic rings. The van der Waals surface area contributed by atoms with E-state index in [0.29, 0.717) is 6.42 Å². The van der Waals surface area contributed by atoms with Crippen LogP contribution >= 0.6 is 0 Å². The summed E-state index contributed by atoms with van der Waals surface area (Å²) in [5.74, 6) is 0.623. The first-order chi connectivity index (χ1) is 11.6. The van der Waals surface area contributed by atoms with E-state index in [1.54, 1.807) is 12.1 Å². The van der Waals surface area contributed by atoms with Gasteiger partial charge in [0.05, 0.1) is 5.69 Å². The summed E-state index contributed by atoms with van der Waals surface area (Å²) in [6.07, 6.45) is 3.54. The zero-order chi connectivity index (χ0) is 16.6. The van der Waals surface area contributed by atoms with E-state index in [9.17, 15) is 15.3 Å². The molecule has 3 fully saturated rings. The fourth-order valence-electron chi connectivity index (χ4n) is 5.38. The number of benzene rings is 1. The van der Waals surface area contributed by atoms with E-state index in [1.165, 1.54) is 5.57 Å². The third-order valence-corrected chi connectivity index (χ3v) is 6.51. The van der Waals surface area contributed by atoms with Crippen LogP contribution in [0.3, 0.4) is 0 Å². The van der Waals surface area contributed by atoms with Crippen molar-refractivity contribution in [1.82, 2.24) is 9.88 Å². The lowest BCUT2D eigenvalue weighted by atomic mass is 9.63. The predicted molar refractivity (Wildman–Crippen MR) is 90.5 cm³/mol. The molecule has 5 atom stereocenters. The number of phenolic OH excluding ortho intramolecular Hbond substituents is 1. The molecule has 2 unspecified atom stereocenters. The lowest BCUT2D eigenvalue weighted by molar-refractivity contribution is -0.221. The Bertz CT molecular complexity index is 871. The number of nitrogens with one attached hydrogen (secondary N) is 1. The van der Waals surface area contributed by atoms with E-state index < -0.39 is 5.72 Å². The third-order valence-electron chi connectivity index (χ3n) is 6.51. The number of rotatable bonds is 1. The molecule has 5 heterocycles. The molecule has 24 heavy (non-hydrogen) atoms. The lowest BCUT2D eigenvalue weighted by Crippen LogP contribution is -2.69. The lowest BCUT2D eigenvalue weighted by Gasteiger charge is -2.61. The highest BCUT2D eigenvalue weighted by molar-refractivity contribution is 5.86. The number of aromatic nitrogens is 1. The number of aliphatic hydroxyl groups is 2. The van der Waals surface area contributed by atoms with Crippen molar-refractivity contribution in [1.29, 1.82) is 0 Å². The quantitative estimate of drug-likeness (QED) is 0.603. The zero-order valence-electron chi connectivity index (χ0n) is 13.7. The van der Waals surface area contributed by atoms with Gasteiger partial charge < -0.3 is 20.3 Å². The Morgan fingerprint density at radius 3 is 3.00 bits per heavy atom. The molecule has 126 valence electrons. The van der Waals surface area contributed by atoms with Gasteiger partial charge in [-0.3, -0.25) is 4.90 Å². The van der Waals surface area contributed by atoms with Crippen molar-refractivity contribution in [3.63, 3.8) is 0 Å². The summed E-state index contributed by atoms with van der Waals surface area (Å²) in [4.78, 5) is 5.57. The number of nitrogens with zero attached hydrogens (tertiary/aromatic N) is 1. The fraction of sp³-hybridized carbons (Fsp3) is 0.474. The van der Waals surface area contributed by atoms with Gasteiger partial charge in [-0.1, -0.05) is 11.6 Å². The first kappa shape index (κ1) is 14.5. The van der Waals surface area contributed by atoms with Crippen LogP contribution in [-0.4, -0.2) is 44.4 Å². The maximum Gasteiger partial charge on any atom is 0.160 e. The van der Waals surface area contributed by atoms with E-state index in [1.807, 2.05) is 13.0 Å². The van der Waals surface area contributed by atoms with Crippen LogP contribution < -0.4 is 0 Å². The highest BCUT2D eigenvalue weighted by atomic mass is 16.3. The Kier molecular flexibility index (Phi) is 2.80. The van der Waals surface area contributed by atoms with Crippen LogP contribution in [0.5, 0.6) is 5.75 Å². The van der Waals surface area contributed by atoms with Gasteiger partial charge in [-0.05, 0) is 43.0 Å². The molecule has 0 amide bonds. The van der Waals surface area contributed by atoms with E-state index in [2.05, 4.69) is 16.0 Å². The minimum Gasteiger partial charge on any atom is -0.508 e. The molecule has 0 aliphatic carbocycles. The number of fused-ring (bicyclic) bond motifs is 4. The SMILES string of the molecule is C/C=C1/CN2[C@@H]3Cc4c([nH]c5ccc(O)cc45)[C@@]2(O)C[C@@H]1C3CO. The van der Waals surface area contributed by atoms with E-state index in [4.69, 9.17) is 0 Å². The molecule has 4 bridgehead atoms. The number of aromatic amines is 1. The Morgan fingerprint density at radius 1 is 1.42 bits per heavy atom. The summed E-state index contributed by atoms with van der Waals surface area (Å²) in [5.41, 5.74) is 3.23. The molecule has 5 nitrogen and oxygen atoms in total. The minimum absolute atomic E-state index is 0.135. The standard InChI is InChI=1S/C19H22N2O3/c1-2-10-8-21-17-6-13-12-5-11(23)3-4-16(12)20-18(13)19(21,24)7-14(10)15(17)9-22/h2-5,14-15,17,20,22-24H,6-9H2,1H3/b10-2-/t14-,15?,17+,19-/m0/s1. The van der Waals surface area contributed by atoms with Crippen LogP contribution in [-0.2, 0) is 12.1 Å². The first-order valence-corrected chi connectivity index (χ1v) is 8.66. The second-order valence-electron chi connectivity index (χ2n) is 7.45. The smallest absolute Gasteiger partial charge is 0.160 e. The molecular weight excluding hydrogens is 304 g/mol. The Balaban J connectivity index is 1.74. The van der Waals surface area contributed by atoms with E-state index in [-0.39, 0.29) is 30.2 Å². The summed E-state index contributed by atoms with van der Waals surface area (Å²) in [6.45, 7) is 2.95. The van der Waals surface area contributed by atoms with Gasteiger partial charge in [0.15, 0.2) is 5.72 Å². The Morgan fingerprint density at radius 2 is 2.25 bits per heavy atom. The molecule has 4 N–H and O–H groups in total. The third kappa shape index (κ3) is 1.60. The molecule has 1 aromatic heterocycles. The van der Waals surface area contributed by atoms with Crippen molar-refractivity contribution in [2.45, 2.75) is 31.5 Å². The minimum atomic E-state index is -1.00. The number of allylic oxidation sites excluding steroid dienone is 1. The first-order valence-electron chi connectivity index (χ1n) is 8.66. The summed E-state index contributed by atoms with van der Waals surface area (Å²) in [6, 6.07) is 5.44.